The van der Waals surface area contributed by atoms with Gasteiger partial charge in [0.05, 0.1) is 16.2 Å². The van der Waals surface area contributed by atoms with Crippen LogP contribution < -0.4 is 10.0 Å². The minimum Gasteiger partial charge on any atom is -0.332 e. The van der Waals surface area contributed by atoms with Gasteiger partial charge in [-0.2, -0.15) is 13.2 Å². The Morgan fingerprint density at radius 3 is 2.23 bits per heavy atom. The van der Waals surface area contributed by atoms with Crippen molar-refractivity contribution in [2.75, 3.05) is 10.0 Å². The van der Waals surface area contributed by atoms with E-state index in [1.165, 1.54) is 53.1 Å². The van der Waals surface area contributed by atoms with E-state index in [-0.39, 0.29) is 10.0 Å². The van der Waals surface area contributed by atoms with E-state index >= 15 is 0 Å². The topological polar surface area (TPSA) is 84.0 Å². The number of alkyl halides is 3. The van der Waals surface area contributed by atoms with Gasteiger partial charge in [0.1, 0.15) is 0 Å². The zero-order valence-corrected chi connectivity index (χ0v) is 17.9. The van der Waals surface area contributed by atoms with Gasteiger partial charge in [0.25, 0.3) is 10.0 Å². The Morgan fingerprint density at radius 2 is 1.61 bits per heavy atom. The van der Waals surface area contributed by atoms with Gasteiger partial charge >= 0.3 is 6.18 Å². The molecule has 2 aromatic heterocycles. The number of rotatable bonds is 6. The lowest BCUT2D eigenvalue weighted by atomic mass is 10.1. The lowest BCUT2D eigenvalue weighted by molar-refractivity contribution is -0.137. The van der Waals surface area contributed by atoms with Crippen LogP contribution in [0, 0.1) is 0 Å². The minimum absolute atomic E-state index is 0.0813. The number of thiazole rings is 2. The molecule has 2 heterocycles. The summed E-state index contributed by atoms with van der Waals surface area (Å²) < 4.78 is 65.2. The first kappa shape index (κ1) is 21.3. The molecule has 0 spiro atoms. The van der Waals surface area contributed by atoms with Gasteiger partial charge in [-0.25, -0.2) is 18.4 Å². The van der Waals surface area contributed by atoms with Gasteiger partial charge in [-0.3, -0.25) is 4.72 Å². The van der Waals surface area contributed by atoms with Crippen molar-refractivity contribution in [1.29, 1.82) is 0 Å². The lowest BCUT2D eigenvalue weighted by Gasteiger charge is -2.07. The summed E-state index contributed by atoms with van der Waals surface area (Å²) in [6.07, 6.45) is -2.88. The SMILES string of the molecule is O=S(=O)(Nc1nccs1)c1ccc(Nc2nc(-c3ccc(C(F)(F)F)cc3)cs2)cc1. The molecule has 0 amide bonds. The molecule has 12 heteroatoms. The van der Waals surface area contributed by atoms with Crippen LogP contribution in [0.5, 0.6) is 0 Å². The van der Waals surface area contributed by atoms with E-state index in [0.717, 1.165) is 12.1 Å². The summed E-state index contributed by atoms with van der Waals surface area (Å²) in [5.74, 6) is 0. The van der Waals surface area contributed by atoms with Crippen LogP contribution in [0.3, 0.4) is 0 Å². The zero-order chi connectivity index (χ0) is 22.1. The maximum Gasteiger partial charge on any atom is 0.416 e. The first-order valence-electron chi connectivity index (χ1n) is 8.63. The summed E-state index contributed by atoms with van der Waals surface area (Å²) in [7, 11) is -3.74. The highest BCUT2D eigenvalue weighted by Crippen LogP contribution is 2.32. The molecule has 0 unspecified atom stereocenters. The van der Waals surface area contributed by atoms with Crippen LogP contribution in [-0.4, -0.2) is 18.4 Å². The summed E-state index contributed by atoms with van der Waals surface area (Å²) in [5, 5.41) is 7.24. The quantitative estimate of drug-likeness (QED) is 0.361. The summed E-state index contributed by atoms with van der Waals surface area (Å²) in [4.78, 5) is 8.36. The molecule has 0 bridgehead atoms. The first-order chi connectivity index (χ1) is 14.7. The molecule has 31 heavy (non-hydrogen) atoms. The molecule has 0 atom stereocenters. The Labute approximate surface area is 183 Å². The average molecular weight is 483 g/mol. The minimum atomic E-state index is -4.39. The van der Waals surface area contributed by atoms with Crippen molar-refractivity contribution in [2.24, 2.45) is 0 Å². The van der Waals surface area contributed by atoms with E-state index in [9.17, 15) is 21.6 Å². The summed E-state index contributed by atoms with van der Waals surface area (Å²) in [5.41, 5.74) is 0.991. The van der Waals surface area contributed by atoms with Gasteiger partial charge in [0, 0.05) is 28.2 Å². The van der Waals surface area contributed by atoms with Crippen molar-refractivity contribution >= 4 is 48.6 Å². The maximum atomic E-state index is 12.7. The fraction of sp³-hybridized carbons (Fsp3) is 0.0526. The molecule has 2 aromatic carbocycles. The van der Waals surface area contributed by atoms with Crippen LogP contribution in [0.25, 0.3) is 11.3 Å². The van der Waals surface area contributed by atoms with Crippen molar-refractivity contribution in [3.63, 3.8) is 0 Å². The van der Waals surface area contributed by atoms with Gasteiger partial charge in [-0.05, 0) is 36.4 Å². The summed E-state index contributed by atoms with van der Waals surface area (Å²) in [6.45, 7) is 0. The number of hydrogen-bond donors (Lipinski definition) is 2. The van der Waals surface area contributed by atoms with Gasteiger partial charge in [-0.1, -0.05) is 12.1 Å². The third-order valence-corrected chi connectivity index (χ3v) is 7.01. The van der Waals surface area contributed by atoms with Crippen LogP contribution in [-0.2, 0) is 16.2 Å². The molecule has 0 aliphatic carbocycles. The standard InChI is InChI=1S/C19H13F3N4O2S3/c20-19(21,22)13-3-1-12(2-4-13)16-11-30-18(25-16)24-14-5-7-15(8-6-14)31(27,28)26-17-23-9-10-29-17/h1-11H,(H,23,26)(H,24,25). The maximum absolute atomic E-state index is 12.7. The van der Waals surface area contributed by atoms with Gasteiger partial charge < -0.3 is 5.32 Å². The van der Waals surface area contributed by atoms with Crippen LogP contribution >= 0.6 is 22.7 Å². The fourth-order valence-electron chi connectivity index (χ4n) is 2.58. The molecule has 4 aromatic rings. The van der Waals surface area contributed by atoms with Crippen LogP contribution in [0.15, 0.2) is 70.4 Å². The highest BCUT2D eigenvalue weighted by atomic mass is 32.2. The fourth-order valence-corrected chi connectivity index (χ4v) is 5.11. The largest absolute Gasteiger partial charge is 0.416 e. The predicted octanol–water partition coefficient (Wildman–Crippen LogP) is 5.83. The molecule has 0 saturated heterocycles. The molecule has 6 nitrogen and oxygen atoms in total. The predicted molar refractivity (Wildman–Crippen MR) is 115 cm³/mol. The first-order valence-corrected chi connectivity index (χ1v) is 11.9. The Balaban J connectivity index is 1.45. The van der Waals surface area contributed by atoms with Crippen molar-refractivity contribution in [2.45, 2.75) is 11.1 Å². The molecule has 4 rings (SSSR count). The average Bonchev–Trinajstić information content (AvgIpc) is 3.40. The number of benzene rings is 2. The number of hydrogen-bond acceptors (Lipinski definition) is 7. The van der Waals surface area contributed by atoms with E-state index < -0.39 is 21.8 Å². The number of nitrogens with one attached hydrogen (secondary N) is 2. The van der Waals surface area contributed by atoms with Crippen LogP contribution in [0.1, 0.15) is 5.56 Å². The van der Waals surface area contributed by atoms with E-state index in [0.29, 0.717) is 22.1 Å². The lowest BCUT2D eigenvalue weighted by Crippen LogP contribution is -2.12. The third kappa shape index (κ3) is 5.03. The van der Waals surface area contributed by atoms with E-state index in [2.05, 4.69) is 20.0 Å². The van der Waals surface area contributed by atoms with E-state index in [1.54, 1.807) is 22.9 Å². The molecular formula is C19H13F3N4O2S3. The Morgan fingerprint density at radius 1 is 0.903 bits per heavy atom. The second-order valence-corrected chi connectivity index (χ2v) is 9.64. The van der Waals surface area contributed by atoms with Crippen molar-refractivity contribution in [3.8, 4) is 11.3 Å². The molecule has 0 saturated carbocycles. The third-order valence-electron chi connectivity index (χ3n) is 4.08. The second kappa shape index (κ2) is 8.29. The number of halogens is 3. The molecule has 0 aliphatic heterocycles. The molecule has 0 radical (unpaired) electrons. The Hall–Kier alpha value is -2.96. The van der Waals surface area contributed by atoms with Gasteiger partial charge in [0.2, 0.25) is 0 Å². The van der Waals surface area contributed by atoms with Crippen molar-refractivity contribution in [3.05, 3.63) is 71.1 Å². The number of anilines is 3. The number of aromatic nitrogens is 2. The van der Waals surface area contributed by atoms with E-state index in [4.69, 9.17) is 0 Å². The van der Waals surface area contributed by atoms with Gasteiger partial charge in [-0.15, -0.1) is 22.7 Å². The second-order valence-electron chi connectivity index (χ2n) is 6.21. The van der Waals surface area contributed by atoms with E-state index in [1.807, 2.05) is 0 Å². The molecule has 0 aliphatic rings. The van der Waals surface area contributed by atoms with Crippen molar-refractivity contribution < 1.29 is 21.6 Å². The summed E-state index contributed by atoms with van der Waals surface area (Å²) in [6, 6.07) is 10.9. The zero-order valence-electron chi connectivity index (χ0n) is 15.4. The van der Waals surface area contributed by atoms with Gasteiger partial charge in [0.15, 0.2) is 10.3 Å². The van der Waals surface area contributed by atoms with Crippen molar-refractivity contribution in [1.82, 2.24) is 9.97 Å². The highest BCUT2D eigenvalue weighted by Gasteiger charge is 2.30. The number of nitrogens with zero attached hydrogens (tertiary/aromatic N) is 2. The van der Waals surface area contributed by atoms with Crippen LogP contribution in [0.4, 0.5) is 29.1 Å². The molecule has 0 fully saturated rings. The van der Waals surface area contributed by atoms with Crippen LogP contribution in [0.2, 0.25) is 0 Å². The normalized spacial score (nSPS) is 12.0. The monoisotopic (exact) mass is 482 g/mol. The molecule has 160 valence electrons. The Bertz CT molecular complexity index is 1270. The Kier molecular flexibility index (Phi) is 5.69. The molecule has 2 N–H and O–H groups in total. The molecular weight excluding hydrogens is 469 g/mol. The highest BCUT2D eigenvalue weighted by molar-refractivity contribution is 7.93. The smallest absolute Gasteiger partial charge is 0.332 e. The summed E-state index contributed by atoms with van der Waals surface area (Å²) >= 11 is 2.45. The number of sulfonamides is 1.